The molecule has 0 atom stereocenters. The number of hydrogen-bond donors (Lipinski definition) is 1. The van der Waals surface area contributed by atoms with Gasteiger partial charge in [0, 0.05) is 32.7 Å². The molecule has 4 rings (SSSR count). The van der Waals surface area contributed by atoms with Gasteiger partial charge in [-0.25, -0.2) is 13.6 Å². The SMILES string of the molecule is O=C(NCc1ccc(F)cc1)N1CCN(Cc2nnnn2-c2ccc(F)cc2)CC1. The van der Waals surface area contributed by atoms with Gasteiger partial charge in [-0.15, -0.1) is 5.10 Å². The highest BCUT2D eigenvalue weighted by molar-refractivity contribution is 5.74. The number of carbonyl (C=O) groups is 1. The van der Waals surface area contributed by atoms with E-state index in [1.165, 1.54) is 24.3 Å². The van der Waals surface area contributed by atoms with Gasteiger partial charge in [-0.3, -0.25) is 4.90 Å². The fourth-order valence-electron chi connectivity index (χ4n) is 3.29. The summed E-state index contributed by atoms with van der Waals surface area (Å²) in [7, 11) is 0. The van der Waals surface area contributed by atoms with Crippen LogP contribution in [0.4, 0.5) is 13.6 Å². The average molecular weight is 413 g/mol. The number of benzene rings is 2. The number of nitrogens with one attached hydrogen (secondary N) is 1. The molecular formula is C20H21F2N7O. The number of hydrogen-bond acceptors (Lipinski definition) is 5. The van der Waals surface area contributed by atoms with Crippen LogP contribution >= 0.6 is 0 Å². The van der Waals surface area contributed by atoms with Crippen molar-refractivity contribution >= 4 is 6.03 Å². The molecule has 1 aliphatic rings. The average Bonchev–Trinajstić information content (AvgIpc) is 3.22. The third kappa shape index (κ3) is 4.77. The van der Waals surface area contributed by atoms with E-state index in [1.54, 1.807) is 33.8 Å². The molecule has 10 heteroatoms. The summed E-state index contributed by atoms with van der Waals surface area (Å²) in [4.78, 5) is 16.3. The number of rotatable bonds is 5. The van der Waals surface area contributed by atoms with Gasteiger partial charge in [-0.05, 0) is 52.4 Å². The predicted octanol–water partition coefficient (Wildman–Crippen LogP) is 1.97. The third-order valence-corrected chi connectivity index (χ3v) is 4.99. The number of aromatic nitrogens is 4. The summed E-state index contributed by atoms with van der Waals surface area (Å²) in [5.74, 6) is 0.0321. The van der Waals surface area contributed by atoms with Crippen molar-refractivity contribution in [3.05, 3.63) is 71.6 Å². The van der Waals surface area contributed by atoms with Crippen molar-refractivity contribution in [1.29, 1.82) is 0 Å². The summed E-state index contributed by atoms with van der Waals surface area (Å²) >= 11 is 0. The van der Waals surface area contributed by atoms with Crippen LogP contribution < -0.4 is 5.32 Å². The number of piperazine rings is 1. The molecule has 8 nitrogen and oxygen atoms in total. The molecule has 1 fully saturated rings. The van der Waals surface area contributed by atoms with Crippen molar-refractivity contribution in [2.24, 2.45) is 0 Å². The zero-order chi connectivity index (χ0) is 20.9. The highest BCUT2D eigenvalue weighted by Gasteiger charge is 2.22. The van der Waals surface area contributed by atoms with Gasteiger partial charge in [0.1, 0.15) is 11.6 Å². The van der Waals surface area contributed by atoms with Gasteiger partial charge in [0.15, 0.2) is 5.82 Å². The topological polar surface area (TPSA) is 79.2 Å². The molecule has 1 saturated heterocycles. The first-order valence-electron chi connectivity index (χ1n) is 9.61. The smallest absolute Gasteiger partial charge is 0.317 e. The maximum atomic E-state index is 13.1. The van der Waals surface area contributed by atoms with Crippen LogP contribution in [0.3, 0.4) is 0 Å². The van der Waals surface area contributed by atoms with E-state index < -0.39 is 0 Å². The molecule has 3 aromatic rings. The molecule has 0 saturated carbocycles. The summed E-state index contributed by atoms with van der Waals surface area (Å²) in [6, 6.07) is 11.9. The van der Waals surface area contributed by atoms with Gasteiger partial charge in [-0.1, -0.05) is 12.1 Å². The lowest BCUT2D eigenvalue weighted by molar-refractivity contribution is 0.133. The van der Waals surface area contributed by atoms with Crippen molar-refractivity contribution < 1.29 is 13.6 Å². The first kappa shape index (κ1) is 19.9. The Morgan fingerprint density at radius 1 is 0.933 bits per heavy atom. The van der Waals surface area contributed by atoms with E-state index in [1.807, 2.05) is 0 Å². The fourth-order valence-corrected chi connectivity index (χ4v) is 3.29. The molecule has 0 aliphatic carbocycles. The molecular weight excluding hydrogens is 392 g/mol. The van der Waals surface area contributed by atoms with Gasteiger partial charge >= 0.3 is 6.03 Å². The quantitative estimate of drug-likeness (QED) is 0.692. The van der Waals surface area contributed by atoms with Gasteiger partial charge < -0.3 is 10.2 Å². The first-order chi connectivity index (χ1) is 14.6. The maximum absolute atomic E-state index is 13.1. The van der Waals surface area contributed by atoms with Gasteiger partial charge in [-0.2, -0.15) is 4.68 Å². The van der Waals surface area contributed by atoms with Crippen molar-refractivity contribution in [3.8, 4) is 5.69 Å². The molecule has 1 N–H and O–H groups in total. The lowest BCUT2D eigenvalue weighted by Crippen LogP contribution is -2.51. The van der Waals surface area contributed by atoms with Crippen LogP contribution in [0.15, 0.2) is 48.5 Å². The fraction of sp³-hybridized carbons (Fsp3) is 0.300. The highest BCUT2D eigenvalue weighted by atomic mass is 19.1. The Hall–Kier alpha value is -3.40. The van der Waals surface area contributed by atoms with Crippen LogP contribution in [0.1, 0.15) is 11.4 Å². The molecule has 2 heterocycles. The minimum absolute atomic E-state index is 0.143. The number of urea groups is 1. The van der Waals surface area contributed by atoms with E-state index in [0.717, 1.165) is 5.56 Å². The first-order valence-corrected chi connectivity index (χ1v) is 9.61. The van der Waals surface area contributed by atoms with Gasteiger partial charge in [0.2, 0.25) is 0 Å². The molecule has 0 unspecified atom stereocenters. The maximum Gasteiger partial charge on any atom is 0.317 e. The zero-order valence-electron chi connectivity index (χ0n) is 16.2. The molecule has 0 bridgehead atoms. The normalized spacial score (nSPS) is 14.7. The Bertz CT molecular complexity index is 983. The van der Waals surface area contributed by atoms with Crippen molar-refractivity contribution in [2.45, 2.75) is 13.1 Å². The summed E-state index contributed by atoms with van der Waals surface area (Å²) < 4.78 is 27.7. The van der Waals surface area contributed by atoms with Crippen LogP contribution in [-0.4, -0.2) is 62.2 Å². The second-order valence-electron chi connectivity index (χ2n) is 7.03. The lowest BCUT2D eigenvalue weighted by Gasteiger charge is -2.34. The Morgan fingerprint density at radius 3 is 2.23 bits per heavy atom. The van der Waals surface area contributed by atoms with Crippen molar-refractivity contribution in [2.75, 3.05) is 26.2 Å². The van der Waals surface area contributed by atoms with Crippen LogP contribution in [-0.2, 0) is 13.1 Å². The second-order valence-corrected chi connectivity index (χ2v) is 7.03. The third-order valence-electron chi connectivity index (χ3n) is 4.99. The highest BCUT2D eigenvalue weighted by Crippen LogP contribution is 2.12. The van der Waals surface area contributed by atoms with Gasteiger partial charge in [0.25, 0.3) is 0 Å². The summed E-state index contributed by atoms with van der Waals surface area (Å²) in [6.45, 7) is 3.39. The van der Waals surface area contributed by atoms with E-state index in [0.29, 0.717) is 50.8 Å². The van der Waals surface area contributed by atoms with Crippen molar-refractivity contribution in [3.63, 3.8) is 0 Å². The lowest BCUT2D eigenvalue weighted by atomic mass is 10.2. The Labute approximate surface area is 172 Å². The molecule has 30 heavy (non-hydrogen) atoms. The molecule has 1 aromatic heterocycles. The van der Waals surface area contributed by atoms with Crippen LogP contribution in [0.25, 0.3) is 5.69 Å². The standard InChI is InChI=1S/C20H21F2N7O/c21-16-3-1-15(2-4-16)13-23-20(30)28-11-9-27(10-12-28)14-19-24-25-26-29(19)18-7-5-17(22)6-8-18/h1-8H,9-14H2,(H,23,30). The Morgan fingerprint density at radius 2 is 1.57 bits per heavy atom. The van der Waals surface area contributed by atoms with Crippen LogP contribution in [0.2, 0.25) is 0 Å². The second kappa shape index (κ2) is 8.95. The van der Waals surface area contributed by atoms with E-state index >= 15 is 0 Å². The van der Waals surface area contributed by atoms with E-state index in [-0.39, 0.29) is 17.7 Å². The minimum atomic E-state index is -0.317. The molecule has 0 radical (unpaired) electrons. The largest absolute Gasteiger partial charge is 0.334 e. The number of carbonyl (C=O) groups excluding carboxylic acids is 1. The number of tetrazole rings is 1. The zero-order valence-corrected chi connectivity index (χ0v) is 16.2. The monoisotopic (exact) mass is 413 g/mol. The minimum Gasteiger partial charge on any atom is -0.334 e. The predicted molar refractivity (Wildman–Crippen MR) is 105 cm³/mol. The van der Waals surface area contributed by atoms with Crippen LogP contribution in [0.5, 0.6) is 0 Å². The van der Waals surface area contributed by atoms with E-state index in [4.69, 9.17) is 0 Å². The summed E-state index contributed by atoms with van der Waals surface area (Å²) in [5, 5.41) is 14.7. The Balaban J connectivity index is 1.28. The summed E-state index contributed by atoms with van der Waals surface area (Å²) in [5.41, 5.74) is 1.53. The summed E-state index contributed by atoms with van der Waals surface area (Å²) in [6.07, 6.45) is 0. The molecule has 156 valence electrons. The Kier molecular flexibility index (Phi) is 5.94. The molecule has 1 aliphatic heterocycles. The number of nitrogens with zero attached hydrogens (tertiary/aromatic N) is 6. The number of halogens is 2. The number of amides is 2. The van der Waals surface area contributed by atoms with Crippen LogP contribution in [0, 0.1) is 11.6 Å². The van der Waals surface area contributed by atoms with E-state index in [9.17, 15) is 13.6 Å². The molecule has 2 aromatic carbocycles. The van der Waals surface area contributed by atoms with Crippen molar-refractivity contribution in [1.82, 2.24) is 35.3 Å². The van der Waals surface area contributed by atoms with E-state index in [2.05, 4.69) is 25.7 Å². The molecule has 2 amide bonds. The molecule has 0 spiro atoms. The van der Waals surface area contributed by atoms with Gasteiger partial charge in [0.05, 0.1) is 12.2 Å².